The van der Waals surface area contributed by atoms with Crippen LogP contribution in [0.4, 0.5) is 0 Å². The monoisotopic (exact) mass is 355 g/mol. The lowest BCUT2D eigenvalue weighted by Crippen LogP contribution is -2.40. The third-order valence-corrected chi connectivity index (χ3v) is 4.25. The molecule has 124 valence electrons. The summed E-state index contributed by atoms with van der Waals surface area (Å²) in [4.78, 5) is 16.4. The van der Waals surface area contributed by atoms with E-state index in [0.717, 1.165) is 42.9 Å². The van der Waals surface area contributed by atoms with Gasteiger partial charge < -0.3 is 11.1 Å². The minimum absolute atomic E-state index is 0. The molecule has 0 aromatic carbocycles. The molecule has 0 bridgehead atoms. The van der Waals surface area contributed by atoms with Gasteiger partial charge in [-0.25, -0.2) is 4.98 Å². The van der Waals surface area contributed by atoms with E-state index < -0.39 is 0 Å². The molecule has 0 aliphatic heterocycles. The zero-order valence-corrected chi connectivity index (χ0v) is 15.4. The number of amides is 1. The number of thiazole rings is 1. The predicted octanol–water partition coefficient (Wildman–Crippen LogP) is 3.56. The van der Waals surface area contributed by atoms with Gasteiger partial charge in [0.25, 0.3) is 0 Å². The fourth-order valence-electron chi connectivity index (χ4n) is 1.89. The summed E-state index contributed by atoms with van der Waals surface area (Å²) in [6.07, 6.45) is 4.74. The second kappa shape index (κ2) is 11.2. The van der Waals surface area contributed by atoms with Crippen LogP contribution in [0.2, 0.25) is 0 Å². The molecule has 0 atom stereocenters. The number of nitrogens with one attached hydrogen (secondary N) is 1. The van der Waals surface area contributed by atoms with Crippen molar-refractivity contribution in [2.45, 2.75) is 58.4 Å². The molecule has 1 aromatic heterocycles. The summed E-state index contributed by atoms with van der Waals surface area (Å²) in [5.41, 5.74) is 6.06. The van der Waals surface area contributed by atoms with Crippen LogP contribution in [0.1, 0.15) is 56.7 Å². The molecule has 0 spiro atoms. The lowest BCUT2D eigenvalue weighted by atomic mass is 10.1. The molecule has 0 saturated carbocycles. The van der Waals surface area contributed by atoms with Crippen molar-refractivity contribution in [2.24, 2.45) is 5.73 Å². The molecule has 0 fully saturated rings. The summed E-state index contributed by atoms with van der Waals surface area (Å²) < 4.78 is 0. The molecular formula is C14H27Cl2N3OS. The zero-order chi connectivity index (χ0) is 14.3. The molecule has 3 N–H and O–H groups in total. The summed E-state index contributed by atoms with van der Waals surface area (Å²) in [7, 11) is 0. The average Bonchev–Trinajstić information content (AvgIpc) is 2.76. The number of nitrogens with two attached hydrogens (primary N) is 1. The number of nitrogens with zero attached hydrogens (tertiary/aromatic N) is 1. The van der Waals surface area contributed by atoms with E-state index in [1.54, 1.807) is 11.3 Å². The standard InChI is InChI=1S/C14H25N3OS.2ClH/c1-11-10-19-13(16-11)14(2,3)17-12(18)8-6-4-5-7-9-15;;/h10H,4-9,15H2,1-3H3,(H,17,18);2*1H. The van der Waals surface area contributed by atoms with E-state index >= 15 is 0 Å². The van der Waals surface area contributed by atoms with Crippen LogP contribution >= 0.6 is 36.2 Å². The first-order valence-corrected chi connectivity index (χ1v) is 7.77. The Morgan fingerprint density at radius 3 is 2.43 bits per heavy atom. The molecule has 0 unspecified atom stereocenters. The van der Waals surface area contributed by atoms with Gasteiger partial charge in [-0.1, -0.05) is 12.8 Å². The zero-order valence-electron chi connectivity index (χ0n) is 13.0. The van der Waals surface area contributed by atoms with Crippen LogP contribution < -0.4 is 11.1 Å². The first kappa shape index (κ1) is 22.9. The highest BCUT2D eigenvalue weighted by atomic mass is 35.5. The van der Waals surface area contributed by atoms with Crippen molar-refractivity contribution in [1.82, 2.24) is 10.3 Å². The van der Waals surface area contributed by atoms with Gasteiger partial charge in [-0.15, -0.1) is 36.2 Å². The lowest BCUT2D eigenvalue weighted by Gasteiger charge is -2.23. The number of hydrogen-bond donors (Lipinski definition) is 2. The third-order valence-electron chi connectivity index (χ3n) is 2.96. The Hall–Kier alpha value is -0.360. The summed E-state index contributed by atoms with van der Waals surface area (Å²) in [5, 5.41) is 6.03. The number of aryl methyl sites for hydroxylation is 1. The molecule has 1 heterocycles. The van der Waals surface area contributed by atoms with E-state index in [9.17, 15) is 4.79 Å². The first-order valence-electron chi connectivity index (χ1n) is 6.89. The number of hydrogen-bond acceptors (Lipinski definition) is 4. The average molecular weight is 356 g/mol. The maximum Gasteiger partial charge on any atom is 0.220 e. The molecule has 1 rings (SSSR count). The van der Waals surface area contributed by atoms with Gasteiger partial charge in [0.2, 0.25) is 5.91 Å². The van der Waals surface area contributed by atoms with Gasteiger partial charge in [0.1, 0.15) is 5.01 Å². The quantitative estimate of drug-likeness (QED) is 0.700. The van der Waals surface area contributed by atoms with Crippen molar-refractivity contribution < 1.29 is 4.79 Å². The highest BCUT2D eigenvalue weighted by molar-refractivity contribution is 7.09. The summed E-state index contributed by atoms with van der Waals surface area (Å²) >= 11 is 1.59. The topological polar surface area (TPSA) is 68.0 Å². The first-order chi connectivity index (χ1) is 8.95. The summed E-state index contributed by atoms with van der Waals surface area (Å²) in [6, 6.07) is 0. The van der Waals surface area contributed by atoms with Gasteiger partial charge in [0.15, 0.2) is 0 Å². The smallest absolute Gasteiger partial charge is 0.220 e. The van der Waals surface area contributed by atoms with Gasteiger partial charge in [-0.05, 0) is 40.2 Å². The largest absolute Gasteiger partial charge is 0.345 e. The van der Waals surface area contributed by atoms with Crippen LogP contribution in [0.15, 0.2) is 5.38 Å². The highest BCUT2D eigenvalue weighted by Crippen LogP contribution is 2.23. The van der Waals surface area contributed by atoms with Crippen molar-refractivity contribution in [3.63, 3.8) is 0 Å². The molecular weight excluding hydrogens is 329 g/mol. The molecule has 7 heteroatoms. The van der Waals surface area contributed by atoms with E-state index in [1.807, 2.05) is 26.2 Å². The molecule has 4 nitrogen and oxygen atoms in total. The summed E-state index contributed by atoms with van der Waals surface area (Å²) in [6.45, 7) is 6.70. The number of aromatic nitrogens is 1. The lowest BCUT2D eigenvalue weighted by molar-refractivity contribution is -0.122. The third kappa shape index (κ3) is 8.61. The number of halogens is 2. The molecule has 0 saturated heterocycles. The minimum atomic E-state index is -0.382. The van der Waals surface area contributed by atoms with Crippen LogP contribution in [-0.4, -0.2) is 17.4 Å². The van der Waals surface area contributed by atoms with Crippen LogP contribution in [0.3, 0.4) is 0 Å². The van der Waals surface area contributed by atoms with Crippen molar-refractivity contribution in [3.05, 3.63) is 16.1 Å². The molecule has 1 aromatic rings. The van der Waals surface area contributed by atoms with Gasteiger partial charge in [-0.3, -0.25) is 4.79 Å². The van der Waals surface area contributed by atoms with Crippen molar-refractivity contribution in [2.75, 3.05) is 6.54 Å². The minimum Gasteiger partial charge on any atom is -0.345 e. The maximum absolute atomic E-state index is 11.9. The van der Waals surface area contributed by atoms with Crippen molar-refractivity contribution in [1.29, 1.82) is 0 Å². The second-order valence-electron chi connectivity index (χ2n) is 5.42. The fraction of sp³-hybridized carbons (Fsp3) is 0.714. The summed E-state index contributed by atoms with van der Waals surface area (Å²) in [5.74, 6) is 0.102. The van der Waals surface area contributed by atoms with E-state index in [0.29, 0.717) is 6.42 Å². The Morgan fingerprint density at radius 1 is 1.29 bits per heavy atom. The normalized spacial score (nSPS) is 10.5. The predicted molar refractivity (Wildman–Crippen MR) is 94.7 cm³/mol. The Morgan fingerprint density at radius 2 is 1.90 bits per heavy atom. The van der Waals surface area contributed by atoms with Gasteiger partial charge >= 0.3 is 0 Å². The van der Waals surface area contributed by atoms with E-state index in [-0.39, 0.29) is 36.3 Å². The molecule has 21 heavy (non-hydrogen) atoms. The second-order valence-corrected chi connectivity index (χ2v) is 6.28. The SMILES string of the molecule is Cc1csc(C(C)(C)NC(=O)CCCCCCN)n1.Cl.Cl. The Bertz CT molecular complexity index is 411. The van der Waals surface area contributed by atoms with Gasteiger partial charge in [0.05, 0.1) is 5.54 Å². The van der Waals surface area contributed by atoms with Crippen LogP contribution in [0.25, 0.3) is 0 Å². The van der Waals surface area contributed by atoms with Crippen LogP contribution in [0.5, 0.6) is 0 Å². The van der Waals surface area contributed by atoms with Gasteiger partial charge in [-0.2, -0.15) is 0 Å². The van der Waals surface area contributed by atoms with Crippen molar-refractivity contribution in [3.8, 4) is 0 Å². The highest BCUT2D eigenvalue weighted by Gasteiger charge is 2.25. The number of carbonyl (C=O) groups is 1. The molecule has 0 aliphatic rings. The van der Waals surface area contributed by atoms with Gasteiger partial charge in [0, 0.05) is 17.5 Å². The molecule has 0 radical (unpaired) electrons. The number of carbonyl (C=O) groups excluding carboxylic acids is 1. The number of unbranched alkanes of at least 4 members (excludes halogenated alkanes) is 3. The van der Waals surface area contributed by atoms with E-state index in [4.69, 9.17) is 5.73 Å². The maximum atomic E-state index is 11.9. The molecule has 0 aliphatic carbocycles. The number of rotatable bonds is 8. The molecule has 1 amide bonds. The Balaban J connectivity index is 0. The Labute approximate surface area is 144 Å². The van der Waals surface area contributed by atoms with Crippen LogP contribution in [-0.2, 0) is 10.3 Å². The van der Waals surface area contributed by atoms with Crippen molar-refractivity contribution >= 4 is 42.1 Å². The van der Waals surface area contributed by atoms with E-state index in [1.165, 1.54) is 0 Å². The Kier molecular flexibility index (Phi) is 12.3. The fourth-order valence-corrected chi connectivity index (χ4v) is 2.77. The van der Waals surface area contributed by atoms with E-state index in [2.05, 4.69) is 10.3 Å². The van der Waals surface area contributed by atoms with Crippen LogP contribution in [0, 0.1) is 6.92 Å².